The van der Waals surface area contributed by atoms with Crippen molar-refractivity contribution in [3.63, 3.8) is 0 Å². The van der Waals surface area contributed by atoms with Crippen LogP contribution < -0.4 is 16.0 Å². The van der Waals surface area contributed by atoms with Gasteiger partial charge in [0.1, 0.15) is 5.75 Å². The van der Waals surface area contributed by atoms with Crippen LogP contribution in [0.1, 0.15) is 15.5 Å². The van der Waals surface area contributed by atoms with Crippen LogP contribution in [0.15, 0.2) is 34.5 Å². The van der Waals surface area contributed by atoms with E-state index in [1.165, 1.54) is 11.3 Å². The standard InChI is InChI=1S/C12H13N3O2S2/c1-17-9-4-2-3-5-10(9)18-6-8-7-19-12(14-8)11(16)15-13/h2-5,7H,6,13H2,1H3,(H,15,16). The number of thiazole rings is 1. The molecule has 0 atom stereocenters. The summed E-state index contributed by atoms with van der Waals surface area (Å²) >= 11 is 2.89. The number of hydrazine groups is 1. The summed E-state index contributed by atoms with van der Waals surface area (Å²) in [5.41, 5.74) is 2.92. The molecule has 1 aromatic heterocycles. The number of amides is 1. The first-order valence-electron chi connectivity index (χ1n) is 5.45. The molecular formula is C12H13N3O2S2. The highest BCUT2D eigenvalue weighted by atomic mass is 32.2. The van der Waals surface area contributed by atoms with Crippen LogP contribution in [0, 0.1) is 0 Å². The second-order valence-electron chi connectivity index (χ2n) is 3.56. The molecule has 19 heavy (non-hydrogen) atoms. The van der Waals surface area contributed by atoms with Crippen molar-refractivity contribution in [2.75, 3.05) is 7.11 Å². The first-order valence-corrected chi connectivity index (χ1v) is 7.32. The Labute approximate surface area is 119 Å². The van der Waals surface area contributed by atoms with Crippen LogP contribution in [0.4, 0.5) is 0 Å². The Balaban J connectivity index is 2.02. The van der Waals surface area contributed by atoms with Gasteiger partial charge in [0.2, 0.25) is 0 Å². The van der Waals surface area contributed by atoms with Crippen LogP contribution in [0.25, 0.3) is 0 Å². The topological polar surface area (TPSA) is 77.2 Å². The van der Waals surface area contributed by atoms with E-state index in [0.29, 0.717) is 10.8 Å². The molecule has 0 radical (unpaired) electrons. The van der Waals surface area contributed by atoms with E-state index in [4.69, 9.17) is 10.6 Å². The number of ether oxygens (including phenoxy) is 1. The molecule has 0 unspecified atom stereocenters. The Bertz CT molecular complexity index is 572. The van der Waals surface area contributed by atoms with Gasteiger partial charge in [0.15, 0.2) is 5.01 Å². The Morgan fingerprint density at radius 1 is 1.53 bits per heavy atom. The van der Waals surface area contributed by atoms with Gasteiger partial charge in [-0.3, -0.25) is 10.2 Å². The average Bonchev–Trinajstić information content (AvgIpc) is 2.93. The molecule has 0 aliphatic carbocycles. The predicted molar refractivity (Wildman–Crippen MR) is 76.3 cm³/mol. The molecular weight excluding hydrogens is 282 g/mol. The fourth-order valence-electron chi connectivity index (χ4n) is 1.43. The van der Waals surface area contributed by atoms with Gasteiger partial charge in [0, 0.05) is 16.0 Å². The molecule has 0 aliphatic rings. The first-order chi connectivity index (χ1) is 9.24. The summed E-state index contributed by atoms with van der Waals surface area (Å²) < 4.78 is 5.28. The number of aromatic nitrogens is 1. The molecule has 1 heterocycles. The summed E-state index contributed by atoms with van der Waals surface area (Å²) in [5.74, 6) is 6.21. The minimum Gasteiger partial charge on any atom is -0.496 e. The lowest BCUT2D eigenvalue weighted by Crippen LogP contribution is -2.29. The van der Waals surface area contributed by atoms with Crippen LogP contribution in [0.3, 0.4) is 0 Å². The van der Waals surface area contributed by atoms with Crippen molar-refractivity contribution in [1.82, 2.24) is 10.4 Å². The number of nitrogen functional groups attached to an aromatic ring is 1. The number of benzene rings is 1. The molecule has 5 nitrogen and oxygen atoms in total. The fourth-order valence-corrected chi connectivity index (χ4v) is 3.17. The predicted octanol–water partition coefficient (Wildman–Crippen LogP) is 2.05. The zero-order valence-corrected chi connectivity index (χ0v) is 11.9. The Kier molecular flexibility index (Phi) is 4.78. The van der Waals surface area contributed by atoms with Gasteiger partial charge in [-0.1, -0.05) is 12.1 Å². The fraction of sp³-hybridized carbons (Fsp3) is 0.167. The van der Waals surface area contributed by atoms with E-state index in [9.17, 15) is 4.79 Å². The number of methoxy groups -OCH3 is 1. The lowest BCUT2D eigenvalue weighted by molar-refractivity contribution is 0.0953. The minimum absolute atomic E-state index is 0.362. The van der Waals surface area contributed by atoms with Gasteiger partial charge < -0.3 is 4.74 Å². The van der Waals surface area contributed by atoms with Crippen molar-refractivity contribution in [3.05, 3.63) is 40.3 Å². The highest BCUT2D eigenvalue weighted by Crippen LogP contribution is 2.31. The first kappa shape index (κ1) is 13.9. The maximum absolute atomic E-state index is 11.3. The zero-order valence-electron chi connectivity index (χ0n) is 10.3. The highest BCUT2D eigenvalue weighted by molar-refractivity contribution is 7.98. The minimum atomic E-state index is -0.362. The van der Waals surface area contributed by atoms with Crippen molar-refractivity contribution < 1.29 is 9.53 Å². The van der Waals surface area contributed by atoms with Gasteiger partial charge in [-0.2, -0.15) is 0 Å². The molecule has 0 saturated carbocycles. The van der Waals surface area contributed by atoms with Crippen molar-refractivity contribution >= 4 is 29.0 Å². The van der Waals surface area contributed by atoms with E-state index in [2.05, 4.69) is 10.4 Å². The zero-order chi connectivity index (χ0) is 13.7. The van der Waals surface area contributed by atoms with Gasteiger partial charge in [-0.05, 0) is 12.1 Å². The van der Waals surface area contributed by atoms with Crippen molar-refractivity contribution in [2.45, 2.75) is 10.6 Å². The number of carbonyl (C=O) groups is 1. The highest BCUT2D eigenvalue weighted by Gasteiger charge is 2.10. The van der Waals surface area contributed by atoms with Crippen molar-refractivity contribution in [3.8, 4) is 5.75 Å². The molecule has 0 aliphatic heterocycles. The van der Waals surface area contributed by atoms with Crippen LogP contribution in [0.5, 0.6) is 5.75 Å². The third-order valence-electron chi connectivity index (χ3n) is 2.32. The average molecular weight is 295 g/mol. The molecule has 0 bridgehead atoms. The van der Waals surface area contributed by atoms with Gasteiger partial charge in [-0.25, -0.2) is 10.8 Å². The van der Waals surface area contributed by atoms with E-state index < -0.39 is 0 Å². The monoisotopic (exact) mass is 295 g/mol. The molecule has 7 heteroatoms. The largest absolute Gasteiger partial charge is 0.496 e. The molecule has 2 rings (SSSR count). The van der Waals surface area contributed by atoms with Gasteiger partial charge >= 0.3 is 0 Å². The van der Waals surface area contributed by atoms with Gasteiger partial charge in [0.25, 0.3) is 5.91 Å². The molecule has 100 valence electrons. The van der Waals surface area contributed by atoms with Crippen LogP contribution in [-0.4, -0.2) is 18.0 Å². The number of nitrogens with two attached hydrogens (primary N) is 1. The molecule has 3 N–H and O–H groups in total. The van der Waals surface area contributed by atoms with E-state index in [0.717, 1.165) is 16.3 Å². The molecule has 1 aromatic carbocycles. The quantitative estimate of drug-likeness (QED) is 0.382. The van der Waals surface area contributed by atoms with Crippen molar-refractivity contribution in [1.29, 1.82) is 0 Å². The Morgan fingerprint density at radius 3 is 3.05 bits per heavy atom. The number of nitrogens with one attached hydrogen (secondary N) is 1. The summed E-state index contributed by atoms with van der Waals surface area (Å²) in [6.45, 7) is 0. The van der Waals surface area contributed by atoms with Crippen molar-refractivity contribution in [2.24, 2.45) is 5.84 Å². The Hall–Kier alpha value is -1.57. The molecule has 2 aromatic rings. The summed E-state index contributed by atoms with van der Waals surface area (Å²) in [5, 5.41) is 2.23. The van der Waals surface area contributed by atoms with Crippen LogP contribution >= 0.6 is 23.1 Å². The number of nitrogens with zero attached hydrogens (tertiary/aromatic N) is 1. The van der Waals surface area contributed by atoms with Gasteiger partial charge in [0.05, 0.1) is 12.8 Å². The van der Waals surface area contributed by atoms with E-state index in [1.54, 1.807) is 18.9 Å². The smallest absolute Gasteiger partial charge is 0.294 e. The Morgan fingerprint density at radius 2 is 2.32 bits per heavy atom. The van der Waals surface area contributed by atoms with Crippen LogP contribution in [0.2, 0.25) is 0 Å². The molecule has 0 spiro atoms. The molecule has 0 saturated heterocycles. The SMILES string of the molecule is COc1ccccc1SCc1csc(C(=O)NN)n1. The second-order valence-corrected chi connectivity index (χ2v) is 5.43. The van der Waals surface area contributed by atoms with E-state index in [-0.39, 0.29) is 5.91 Å². The van der Waals surface area contributed by atoms with E-state index >= 15 is 0 Å². The third-order valence-corrected chi connectivity index (χ3v) is 4.30. The maximum atomic E-state index is 11.3. The number of hydrogen-bond acceptors (Lipinski definition) is 6. The maximum Gasteiger partial charge on any atom is 0.294 e. The second kappa shape index (κ2) is 6.55. The van der Waals surface area contributed by atoms with Crippen LogP contribution in [-0.2, 0) is 5.75 Å². The third kappa shape index (κ3) is 3.46. The number of thioether (sulfide) groups is 1. The summed E-state index contributed by atoms with van der Waals surface area (Å²) in [4.78, 5) is 16.5. The van der Waals surface area contributed by atoms with E-state index in [1.807, 2.05) is 29.6 Å². The number of rotatable bonds is 5. The number of para-hydroxylation sites is 1. The molecule has 1 amide bonds. The number of carbonyl (C=O) groups excluding carboxylic acids is 1. The normalized spacial score (nSPS) is 10.2. The summed E-state index contributed by atoms with van der Waals surface area (Å²) in [7, 11) is 1.64. The summed E-state index contributed by atoms with van der Waals surface area (Å²) in [6.07, 6.45) is 0. The lowest BCUT2D eigenvalue weighted by Gasteiger charge is -2.06. The van der Waals surface area contributed by atoms with Gasteiger partial charge in [-0.15, -0.1) is 23.1 Å². The summed E-state index contributed by atoms with van der Waals surface area (Å²) in [6, 6.07) is 7.79. The molecule has 0 fully saturated rings. The lowest BCUT2D eigenvalue weighted by atomic mass is 10.3. The number of hydrogen-bond donors (Lipinski definition) is 2.